The van der Waals surface area contributed by atoms with Crippen LogP contribution < -0.4 is 5.32 Å². The van der Waals surface area contributed by atoms with Gasteiger partial charge in [0.25, 0.3) is 5.89 Å². The van der Waals surface area contributed by atoms with Crippen LogP contribution >= 0.6 is 0 Å². The molecule has 4 aromatic carbocycles. The van der Waals surface area contributed by atoms with Crippen LogP contribution in [0.3, 0.4) is 0 Å². The van der Waals surface area contributed by atoms with Gasteiger partial charge in [0.05, 0.1) is 6.42 Å². The zero-order valence-corrected chi connectivity index (χ0v) is 27.0. The van der Waals surface area contributed by atoms with Crippen LogP contribution in [0.5, 0.6) is 0 Å². The fourth-order valence-corrected chi connectivity index (χ4v) is 5.01. The number of nitrogens with one attached hydrogen (secondary N) is 1. The molecule has 0 atom stereocenters. The highest BCUT2D eigenvalue weighted by Gasteiger charge is 2.19. The van der Waals surface area contributed by atoms with E-state index in [-0.39, 0.29) is 18.9 Å². The van der Waals surface area contributed by atoms with Crippen LogP contribution in [0.25, 0.3) is 34.0 Å². The van der Waals surface area contributed by atoms with Crippen LogP contribution in [0.2, 0.25) is 0 Å². The number of rotatable bonds is 12. The number of aryl methyl sites for hydroxylation is 1. The molecule has 9 nitrogen and oxygen atoms in total. The number of aromatic nitrogens is 2. The average Bonchev–Trinajstić information content (AvgIpc) is 3.58. The number of allylic oxidation sites excluding steroid dienone is 3. The summed E-state index contributed by atoms with van der Waals surface area (Å²) in [6.45, 7) is 5.00. The maximum Gasteiger partial charge on any atom is 0.323 e. The van der Waals surface area contributed by atoms with E-state index in [1.807, 2.05) is 54.6 Å². The molecule has 1 aromatic heterocycles. The molecule has 2 N–H and O–H groups in total. The van der Waals surface area contributed by atoms with E-state index in [2.05, 4.69) is 46.6 Å². The number of hydrogen-bond donors (Lipinski definition) is 2. The minimum atomic E-state index is -1.13. The van der Waals surface area contributed by atoms with E-state index in [0.29, 0.717) is 28.5 Å². The lowest BCUT2D eigenvalue weighted by Crippen LogP contribution is -2.35. The quantitative estimate of drug-likeness (QED) is 0.111. The molecular weight excluding hydrogens is 604 g/mol. The van der Waals surface area contributed by atoms with E-state index in [4.69, 9.17) is 4.52 Å². The SMILES string of the molecule is CC(=CC=C(C)C(=O)N(CC(=O)O)Cc1ccc(-c2noc(-c3ccc(-c4ccc(C)cc4)cc3)n2)cc1)NC(=O)Cc1ccccc1. The summed E-state index contributed by atoms with van der Waals surface area (Å²) >= 11 is 0. The number of carbonyl (C=O) groups is 3. The van der Waals surface area contributed by atoms with Crippen LogP contribution in [-0.4, -0.2) is 44.5 Å². The molecule has 48 heavy (non-hydrogen) atoms. The molecule has 5 rings (SSSR count). The largest absolute Gasteiger partial charge is 0.480 e. The molecule has 2 amide bonds. The van der Waals surface area contributed by atoms with E-state index in [0.717, 1.165) is 27.8 Å². The van der Waals surface area contributed by atoms with Crippen molar-refractivity contribution in [1.29, 1.82) is 0 Å². The molecule has 0 aliphatic carbocycles. The predicted octanol–water partition coefficient (Wildman–Crippen LogP) is 7.00. The van der Waals surface area contributed by atoms with E-state index in [9.17, 15) is 19.5 Å². The van der Waals surface area contributed by atoms with Gasteiger partial charge in [0.15, 0.2) is 0 Å². The van der Waals surface area contributed by atoms with Crippen LogP contribution in [0.1, 0.15) is 30.5 Å². The van der Waals surface area contributed by atoms with Crippen molar-refractivity contribution in [3.05, 3.63) is 143 Å². The summed E-state index contributed by atoms with van der Waals surface area (Å²) in [6.07, 6.45) is 3.43. The number of carboxylic acids is 1. The van der Waals surface area contributed by atoms with Crippen LogP contribution in [0.15, 0.2) is 131 Å². The number of benzene rings is 4. The first-order valence-corrected chi connectivity index (χ1v) is 15.4. The number of carbonyl (C=O) groups excluding carboxylic acids is 2. The molecule has 0 saturated heterocycles. The van der Waals surface area contributed by atoms with Gasteiger partial charge in [0.1, 0.15) is 6.54 Å². The van der Waals surface area contributed by atoms with Crippen molar-refractivity contribution >= 4 is 17.8 Å². The maximum absolute atomic E-state index is 13.2. The van der Waals surface area contributed by atoms with Crippen molar-refractivity contribution < 1.29 is 24.0 Å². The van der Waals surface area contributed by atoms with Crippen molar-refractivity contribution in [3.63, 3.8) is 0 Å². The van der Waals surface area contributed by atoms with Crippen LogP contribution in [-0.2, 0) is 27.3 Å². The number of nitrogens with zero attached hydrogens (tertiary/aromatic N) is 3. The van der Waals surface area contributed by atoms with Crippen LogP contribution in [0.4, 0.5) is 0 Å². The molecule has 5 aromatic rings. The molecule has 242 valence electrons. The smallest absolute Gasteiger partial charge is 0.323 e. The fraction of sp³-hybridized carbons (Fsp3) is 0.154. The van der Waals surface area contributed by atoms with Gasteiger partial charge in [-0.05, 0) is 61.2 Å². The minimum Gasteiger partial charge on any atom is -0.480 e. The topological polar surface area (TPSA) is 126 Å². The monoisotopic (exact) mass is 640 g/mol. The lowest BCUT2D eigenvalue weighted by atomic mass is 10.0. The Morgan fingerprint density at radius 3 is 2.02 bits per heavy atom. The van der Waals surface area contributed by atoms with Gasteiger partial charge in [-0.2, -0.15) is 4.98 Å². The van der Waals surface area contributed by atoms with E-state index < -0.39 is 18.4 Å². The molecule has 0 radical (unpaired) electrons. The molecule has 0 spiro atoms. The number of aliphatic carboxylic acids is 1. The Kier molecular flexibility index (Phi) is 10.7. The first-order valence-electron chi connectivity index (χ1n) is 15.4. The maximum atomic E-state index is 13.2. The Morgan fingerprint density at radius 2 is 1.38 bits per heavy atom. The Morgan fingerprint density at radius 1 is 0.771 bits per heavy atom. The fourth-order valence-electron chi connectivity index (χ4n) is 5.01. The summed E-state index contributed by atoms with van der Waals surface area (Å²) in [6, 6.07) is 32.9. The molecule has 1 heterocycles. The number of hydrogen-bond acceptors (Lipinski definition) is 6. The first-order chi connectivity index (χ1) is 23.1. The van der Waals surface area contributed by atoms with Gasteiger partial charge in [-0.1, -0.05) is 108 Å². The molecular formula is C39H36N4O5. The Bertz CT molecular complexity index is 1940. The molecule has 9 heteroatoms. The lowest BCUT2D eigenvalue weighted by Gasteiger charge is -2.21. The summed E-state index contributed by atoms with van der Waals surface area (Å²) in [5.41, 5.74) is 7.45. The van der Waals surface area contributed by atoms with E-state index in [1.54, 1.807) is 50.3 Å². The van der Waals surface area contributed by atoms with Crippen molar-refractivity contribution in [1.82, 2.24) is 20.4 Å². The summed E-state index contributed by atoms with van der Waals surface area (Å²) in [4.78, 5) is 43.0. The number of carboxylic acid groups (broad SMARTS) is 1. The van der Waals surface area contributed by atoms with Crippen molar-refractivity contribution in [2.75, 3.05) is 6.54 Å². The van der Waals surface area contributed by atoms with E-state index >= 15 is 0 Å². The zero-order valence-electron chi connectivity index (χ0n) is 27.0. The van der Waals surface area contributed by atoms with Gasteiger partial charge >= 0.3 is 5.97 Å². The second-order valence-electron chi connectivity index (χ2n) is 11.5. The molecule has 0 aliphatic heterocycles. The molecule has 0 unspecified atom stereocenters. The first kappa shape index (κ1) is 33.3. The van der Waals surface area contributed by atoms with Crippen molar-refractivity contribution in [2.45, 2.75) is 33.7 Å². The van der Waals surface area contributed by atoms with Crippen LogP contribution in [0, 0.1) is 6.92 Å². The summed E-state index contributed by atoms with van der Waals surface area (Å²) < 4.78 is 5.54. The highest BCUT2D eigenvalue weighted by atomic mass is 16.5. The second kappa shape index (κ2) is 15.5. The average molecular weight is 641 g/mol. The highest BCUT2D eigenvalue weighted by Crippen LogP contribution is 2.26. The van der Waals surface area contributed by atoms with Crippen molar-refractivity contribution in [3.8, 4) is 34.0 Å². The third kappa shape index (κ3) is 9.01. The summed E-state index contributed by atoms with van der Waals surface area (Å²) in [5.74, 6) is -0.927. The second-order valence-corrected chi connectivity index (χ2v) is 11.5. The third-order valence-corrected chi connectivity index (χ3v) is 7.61. The zero-order chi connectivity index (χ0) is 34.0. The molecule has 0 saturated carbocycles. The highest BCUT2D eigenvalue weighted by molar-refractivity contribution is 5.95. The Hall–Kier alpha value is -6.09. The standard InChI is InChI=1S/C39H36N4O5/c1-26-9-15-31(16-10-26)32-19-21-34(22-20-32)38-41-37(42-48-38)33-17-13-30(14-18-33)24-43(25-36(45)46)39(47)27(2)11-12-28(3)40-35(44)23-29-7-5-4-6-8-29/h4-22H,23-25H2,1-3H3,(H,40,44)(H,45,46). The third-order valence-electron chi connectivity index (χ3n) is 7.61. The minimum absolute atomic E-state index is 0.0813. The Labute approximate surface area is 279 Å². The van der Waals surface area contributed by atoms with Gasteiger partial charge in [-0.15, -0.1) is 0 Å². The predicted molar refractivity (Wildman–Crippen MR) is 184 cm³/mol. The summed E-state index contributed by atoms with van der Waals surface area (Å²) in [7, 11) is 0. The Balaban J connectivity index is 1.21. The van der Waals surface area contributed by atoms with E-state index in [1.165, 1.54) is 10.5 Å². The number of amides is 2. The van der Waals surface area contributed by atoms with Gasteiger partial charge in [-0.3, -0.25) is 14.4 Å². The van der Waals surface area contributed by atoms with Gasteiger partial charge in [-0.25, -0.2) is 0 Å². The molecule has 0 aliphatic rings. The summed E-state index contributed by atoms with van der Waals surface area (Å²) in [5, 5.41) is 16.4. The molecule has 0 bridgehead atoms. The normalized spacial score (nSPS) is 11.6. The van der Waals surface area contributed by atoms with Gasteiger partial charge in [0.2, 0.25) is 17.6 Å². The lowest BCUT2D eigenvalue weighted by molar-refractivity contribution is -0.143. The van der Waals surface area contributed by atoms with Gasteiger partial charge in [0, 0.05) is 28.9 Å². The van der Waals surface area contributed by atoms with Crippen molar-refractivity contribution in [2.24, 2.45) is 0 Å². The molecule has 0 fully saturated rings. The van der Waals surface area contributed by atoms with Gasteiger partial charge < -0.3 is 19.8 Å².